The van der Waals surface area contributed by atoms with Crippen molar-refractivity contribution in [2.24, 2.45) is 17.8 Å². The molecule has 7 nitrogen and oxygen atoms in total. The van der Waals surface area contributed by atoms with Gasteiger partial charge in [0.15, 0.2) is 5.76 Å². The van der Waals surface area contributed by atoms with Gasteiger partial charge in [-0.1, -0.05) is 29.1 Å². The van der Waals surface area contributed by atoms with E-state index in [0.29, 0.717) is 35.9 Å². The number of aliphatic hydroxyl groups is 1. The van der Waals surface area contributed by atoms with Crippen LogP contribution >= 0.6 is 0 Å². The van der Waals surface area contributed by atoms with Crippen molar-refractivity contribution in [2.45, 2.75) is 26.5 Å². The maximum absolute atomic E-state index is 11.4. The van der Waals surface area contributed by atoms with Crippen molar-refractivity contribution in [1.82, 2.24) is 19.6 Å². The van der Waals surface area contributed by atoms with E-state index in [0.717, 1.165) is 29.9 Å². The van der Waals surface area contributed by atoms with Gasteiger partial charge in [-0.2, -0.15) is 0 Å². The van der Waals surface area contributed by atoms with Crippen molar-refractivity contribution in [1.29, 1.82) is 0 Å². The number of piperidine rings is 1. The molecule has 2 aromatic heterocycles. The molecule has 4 atom stereocenters. The molecular formula is C24H24N4O3. The fourth-order valence-corrected chi connectivity index (χ4v) is 4.40. The van der Waals surface area contributed by atoms with E-state index < -0.39 is 6.10 Å². The summed E-state index contributed by atoms with van der Waals surface area (Å²) in [7, 11) is 0. The third kappa shape index (κ3) is 3.87. The molecule has 0 bridgehead atoms. The average molecular weight is 416 g/mol. The van der Waals surface area contributed by atoms with Gasteiger partial charge >= 0.3 is 0 Å². The molecule has 1 unspecified atom stereocenters. The highest BCUT2D eigenvalue weighted by atomic mass is 16.5. The number of rotatable bonds is 4. The number of carbonyl (C=O) groups is 1. The molecule has 1 saturated carbocycles. The number of hydrogen-bond acceptors (Lipinski definition) is 5. The first-order chi connectivity index (χ1) is 15.0. The van der Waals surface area contributed by atoms with Crippen molar-refractivity contribution in [3.8, 4) is 23.1 Å². The maximum Gasteiger partial charge on any atom is 0.219 e. The standard InChI is InChI=1S/C24H24N4O3/c1-15(29)24-25-9-10-27(24)12-19-11-23(26-31-19)18-6-3-17(4-7-18)5-8-20-21-13-28(16(2)30)14-22(20)21/h3-4,6-7,9-11,15,20-22,29H,12-14H2,1-2H3/t15-,20?,21-,22+/m0/s1. The minimum Gasteiger partial charge on any atom is -0.385 e. The minimum atomic E-state index is -0.644. The second-order valence-corrected chi connectivity index (χ2v) is 8.39. The Hall–Kier alpha value is -3.37. The monoisotopic (exact) mass is 416 g/mol. The highest BCUT2D eigenvalue weighted by Gasteiger charge is 2.55. The topological polar surface area (TPSA) is 84.4 Å². The molecule has 31 heavy (non-hydrogen) atoms. The fraction of sp³-hybridized carbons (Fsp3) is 0.375. The van der Waals surface area contributed by atoms with E-state index in [1.54, 1.807) is 20.0 Å². The number of carbonyl (C=O) groups excluding carboxylic acids is 1. The Balaban J connectivity index is 1.22. The summed E-state index contributed by atoms with van der Waals surface area (Å²) in [6, 6.07) is 9.89. The lowest BCUT2D eigenvalue weighted by Gasteiger charge is -2.15. The molecule has 7 heteroatoms. The molecule has 0 radical (unpaired) electrons. The van der Waals surface area contributed by atoms with Gasteiger partial charge in [-0.3, -0.25) is 4.79 Å². The lowest BCUT2D eigenvalue weighted by molar-refractivity contribution is -0.128. The van der Waals surface area contributed by atoms with Crippen LogP contribution in [0.15, 0.2) is 47.2 Å². The molecule has 1 aromatic carbocycles. The van der Waals surface area contributed by atoms with E-state index in [-0.39, 0.29) is 5.91 Å². The zero-order chi connectivity index (χ0) is 21.5. The van der Waals surface area contributed by atoms with Crippen molar-refractivity contribution in [3.63, 3.8) is 0 Å². The largest absolute Gasteiger partial charge is 0.385 e. The molecule has 1 amide bonds. The van der Waals surface area contributed by atoms with Crippen LogP contribution in [-0.4, -0.2) is 43.7 Å². The quantitative estimate of drug-likeness (QED) is 0.661. The number of aliphatic hydroxyl groups excluding tert-OH is 1. The van der Waals surface area contributed by atoms with Gasteiger partial charge in [-0.15, -0.1) is 0 Å². The predicted octanol–water partition coefficient (Wildman–Crippen LogP) is 2.72. The van der Waals surface area contributed by atoms with Gasteiger partial charge in [-0.25, -0.2) is 4.98 Å². The number of likely N-dealkylation sites (tertiary alicyclic amines) is 1. The Labute approximate surface area is 180 Å². The van der Waals surface area contributed by atoms with Crippen LogP contribution in [0.5, 0.6) is 0 Å². The summed E-state index contributed by atoms with van der Waals surface area (Å²) < 4.78 is 7.32. The van der Waals surface area contributed by atoms with E-state index in [4.69, 9.17) is 4.52 Å². The molecule has 3 heterocycles. The van der Waals surface area contributed by atoms with E-state index in [1.807, 2.05) is 46.0 Å². The maximum atomic E-state index is 11.4. The summed E-state index contributed by atoms with van der Waals surface area (Å²) in [5.41, 5.74) is 2.69. The fourth-order valence-electron chi connectivity index (χ4n) is 4.40. The van der Waals surface area contributed by atoms with Crippen LogP contribution in [-0.2, 0) is 11.3 Å². The number of fused-ring (bicyclic) bond motifs is 1. The highest BCUT2D eigenvalue weighted by Crippen LogP contribution is 2.51. The number of benzene rings is 1. The van der Waals surface area contributed by atoms with Crippen LogP contribution in [0.3, 0.4) is 0 Å². The Morgan fingerprint density at radius 3 is 2.71 bits per heavy atom. The van der Waals surface area contributed by atoms with Crippen molar-refractivity contribution in [3.05, 3.63) is 59.9 Å². The molecule has 1 aliphatic heterocycles. The third-order valence-electron chi connectivity index (χ3n) is 6.21. The van der Waals surface area contributed by atoms with E-state index >= 15 is 0 Å². The molecule has 2 fully saturated rings. The summed E-state index contributed by atoms with van der Waals surface area (Å²) in [6.07, 6.45) is 2.82. The summed E-state index contributed by atoms with van der Waals surface area (Å²) in [5.74, 6) is 9.63. The first kappa shape index (κ1) is 19.6. The molecule has 3 aromatic rings. The van der Waals surface area contributed by atoms with E-state index in [1.165, 1.54) is 0 Å². The Morgan fingerprint density at radius 1 is 1.29 bits per heavy atom. The zero-order valence-electron chi connectivity index (χ0n) is 17.5. The SMILES string of the molecule is CC(=O)N1C[C@@H]2C(C#Cc3ccc(-c4cc(Cn5ccnc5[C@H](C)O)on4)cc3)[C@@H]2C1. The summed E-state index contributed by atoms with van der Waals surface area (Å²) in [6.45, 7) is 5.48. The first-order valence-corrected chi connectivity index (χ1v) is 10.5. The highest BCUT2D eigenvalue weighted by molar-refractivity contribution is 5.74. The molecule has 1 aliphatic carbocycles. The molecular weight excluding hydrogens is 392 g/mol. The average Bonchev–Trinajstić information content (AvgIpc) is 3.24. The summed E-state index contributed by atoms with van der Waals surface area (Å²) in [5, 5.41) is 14.0. The second-order valence-electron chi connectivity index (χ2n) is 8.39. The molecule has 5 rings (SSSR count). The van der Waals surface area contributed by atoms with Crippen molar-refractivity contribution < 1.29 is 14.4 Å². The van der Waals surface area contributed by atoms with Gasteiger partial charge in [0, 0.05) is 55.5 Å². The van der Waals surface area contributed by atoms with Crippen LogP contribution in [0, 0.1) is 29.6 Å². The summed E-state index contributed by atoms with van der Waals surface area (Å²) in [4.78, 5) is 17.5. The van der Waals surface area contributed by atoms with Crippen molar-refractivity contribution >= 4 is 5.91 Å². The molecule has 1 N–H and O–H groups in total. The van der Waals surface area contributed by atoms with Gasteiger partial charge in [0.05, 0.1) is 6.54 Å². The van der Waals surface area contributed by atoms with Gasteiger partial charge in [0.2, 0.25) is 5.91 Å². The molecule has 158 valence electrons. The van der Waals surface area contributed by atoms with E-state index in [9.17, 15) is 9.90 Å². The van der Waals surface area contributed by atoms with Gasteiger partial charge in [-0.05, 0) is 30.9 Å². The molecule has 0 spiro atoms. The third-order valence-corrected chi connectivity index (χ3v) is 6.21. The smallest absolute Gasteiger partial charge is 0.219 e. The summed E-state index contributed by atoms with van der Waals surface area (Å²) >= 11 is 0. The Morgan fingerprint density at radius 2 is 2.03 bits per heavy atom. The van der Waals surface area contributed by atoms with Gasteiger partial charge < -0.3 is 19.1 Å². The number of imidazole rings is 1. The Kier molecular flexibility index (Phi) is 4.87. The molecule has 1 saturated heterocycles. The zero-order valence-corrected chi connectivity index (χ0v) is 17.5. The minimum absolute atomic E-state index is 0.166. The first-order valence-electron chi connectivity index (χ1n) is 10.5. The van der Waals surface area contributed by atoms with Crippen LogP contribution in [0.4, 0.5) is 0 Å². The van der Waals surface area contributed by atoms with Gasteiger partial charge in [0.1, 0.15) is 17.6 Å². The van der Waals surface area contributed by atoms with Crippen LogP contribution < -0.4 is 0 Å². The Bertz CT molecular complexity index is 1150. The predicted molar refractivity (Wildman–Crippen MR) is 114 cm³/mol. The lowest BCUT2D eigenvalue weighted by Crippen LogP contribution is -2.28. The number of amides is 1. The number of aromatic nitrogens is 3. The van der Waals surface area contributed by atoms with Crippen LogP contribution in [0.25, 0.3) is 11.3 Å². The number of hydrogen-bond donors (Lipinski definition) is 1. The van der Waals surface area contributed by atoms with Gasteiger partial charge in [0.25, 0.3) is 0 Å². The molecule has 2 aliphatic rings. The normalized spacial score (nSPS) is 22.5. The van der Waals surface area contributed by atoms with Crippen LogP contribution in [0.2, 0.25) is 0 Å². The van der Waals surface area contributed by atoms with Crippen molar-refractivity contribution in [2.75, 3.05) is 13.1 Å². The van der Waals surface area contributed by atoms with E-state index in [2.05, 4.69) is 22.0 Å². The lowest BCUT2D eigenvalue weighted by atomic mass is 10.1. The number of nitrogens with zero attached hydrogens (tertiary/aromatic N) is 4. The second kappa shape index (κ2) is 7.71. The van der Waals surface area contributed by atoms with Crippen LogP contribution in [0.1, 0.15) is 37.1 Å².